The number of hydrogen-bond donors (Lipinski definition) is 0. The van der Waals surface area contributed by atoms with Gasteiger partial charge in [-0.1, -0.05) is 30.3 Å². The molecule has 1 aliphatic rings. The first-order chi connectivity index (χ1) is 19.5. The summed E-state index contributed by atoms with van der Waals surface area (Å²) in [6.45, 7) is 4.16. The summed E-state index contributed by atoms with van der Waals surface area (Å²) in [5.74, 6) is -2.77. The van der Waals surface area contributed by atoms with Gasteiger partial charge in [0.05, 0.1) is 0 Å². The summed E-state index contributed by atoms with van der Waals surface area (Å²) in [6.07, 6.45) is -6.72. The number of benzene rings is 2. The standard InChI is InChI=1S/C29H28O12/c1-15(30)35-14-24-26(36-16(2)31)27(37-17(3)32)28(38-18(4)33)29(41-24)39-20-10-11-21-22(19-8-6-5-7-9-19)13-25(34)40-23(21)12-20/h5-13,24,26-29H,14H2,1-4H3/t24-,26-,27+,28-,29+/m1/s1. The van der Waals surface area contributed by atoms with E-state index in [4.69, 9.17) is 32.8 Å². The molecule has 3 aromatic rings. The van der Waals surface area contributed by atoms with Crippen molar-refractivity contribution in [3.05, 3.63) is 65.0 Å². The number of fused-ring (bicyclic) bond motifs is 1. The molecule has 1 aliphatic heterocycles. The summed E-state index contributed by atoms with van der Waals surface area (Å²) in [6, 6.07) is 15.4. The van der Waals surface area contributed by atoms with E-state index in [-0.39, 0.29) is 11.3 Å². The Morgan fingerprint density at radius 2 is 1.39 bits per heavy atom. The van der Waals surface area contributed by atoms with Crippen LogP contribution in [0.5, 0.6) is 5.75 Å². The molecule has 41 heavy (non-hydrogen) atoms. The lowest BCUT2D eigenvalue weighted by atomic mass is 9.98. The van der Waals surface area contributed by atoms with Gasteiger partial charge in [0.15, 0.2) is 12.2 Å². The van der Waals surface area contributed by atoms with Crippen LogP contribution in [0.2, 0.25) is 0 Å². The van der Waals surface area contributed by atoms with Crippen molar-refractivity contribution in [2.45, 2.75) is 58.4 Å². The van der Waals surface area contributed by atoms with Crippen LogP contribution in [0.1, 0.15) is 27.7 Å². The number of carbonyl (C=O) groups is 4. The highest BCUT2D eigenvalue weighted by Gasteiger charge is 2.53. The smallest absolute Gasteiger partial charge is 0.336 e. The minimum absolute atomic E-state index is 0.145. The number of esters is 4. The number of carbonyl (C=O) groups excluding carboxylic acids is 4. The van der Waals surface area contributed by atoms with Crippen molar-refractivity contribution in [3.63, 3.8) is 0 Å². The molecule has 4 rings (SSSR count). The largest absolute Gasteiger partial charge is 0.463 e. The summed E-state index contributed by atoms with van der Waals surface area (Å²) >= 11 is 0. The Bertz CT molecular complexity index is 1490. The molecule has 2 aromatic carbocycles. The molecule has 0 saturated carbocycles. The maximum absolute atomic E-state index is 12.4. The van der Waals surface area contributed by atoms with Gasteiger partial charge in [-0.3, -0.25) is 19.2 Å². The molecule has 1 saturated heterocycles. The van der Waals surface area contributed by atoms with Crippen molar-refractivity contribution >= 4 is 34.8 Å². The van der Waals surface area contributed by atoms with Crippen LogP contribution in [0.15, 0.2) is 63.8 Å². The molecular weight excluding hydrogens is 540 g/mol. The summed E-state index contributed by atoms with van der Waals surface area (Å²) in [5.41, 5.74) is 1.08. The first kappa shape index (κ1) is 29.3. The molecule has 1 aromatic heterocycles. The highest BCUT2D eigenvalue weighted by atomic mass is 16.7. The monoisotopic (exact) mass is 568 g/mol. The van der Waals surface area contributed by atoms with E-state index in [0.717, 1.165) is 26.3 Å². The van der Waals surface area contributed by atoms with E-state index in [1.165, 1.54) is 19.1 Å². The zero-order valence-electron chi connectivity index (χ0n) is 22.7. The highest BCUT2D eigenvalue weighted by Crippen LogP contribution is 2.33. The lowest BCUT2D eigenvalue weighted by Gasteiger charge is -2.43. The molecule has 0 aliphatic carbocycles. The Hall–Kier alpha value is -4.71. The van der Waals surface area contributed by atoms with E-state index in [1.54, 1.807) is 12.1 Å². The molecule has 1 fully saturated rings. The molecule has 2 heterocycles. The van der Waals surface area contributed by atoms with Gasteiger partial charge in [-0.15, -0.1) is 0 Å². The molecule has 0 radical (unpaired) electrons. The summed E-state index contributed by atoms with van der Waals surface area (Å²) in [4.78, 5) is 59.9. The topological polar surface area (TPSA) is 154 Å². The molecule has 0 unspecified atom stereocenters. The predicted octanol–water partition coefficient (Wildman–Crippen LogP) is 2.92. The van der Waals surface area contributed by atoms with Gasteiger partial charge in [-0.25, -0.2) is 4.79 Å². The molecule has 0 bridgehead atoms. The second-order valence-electron chi connectivity index (χ2n) is 9.19. The molecule has 5 atom stereocenters. The third kappa shape index (κ3) is 7.28. The molecular formula is C29H28O12. The molecule has 216 valence electrons. The number of hydrogen-bond acceptors (Lipinski definition) is 12. The van der Waals surface area contributed by atoms with Gasteiger partial charge in [0, 0.05) is 45.2 Å². The van der Waals surface area contributed by atoms with Crippen LogP contribution in [0.4, 0.5) is 0 Å². The van der Waals surface area contributed by atoms with Crippen LogP contribution in [0.25, 0.3) is 22.1 Å². The Morgan fingerprint density at radius 3 is 2.02 bits per heavy atom. The van der Waals surface area contributed by atoms with E-state index in [1.807, 2.05) is 30.3 Å². The van der Waals surface area contributed by atoms with Gasteiger partial charge in [-0.05, 0) is 23.3 Å². The second kappa shape index (κ2) is 12.6. The van der Waals surface area contributed by atoms with Gasteiger partial charge in [0.2, 0.25) is 12.4 Å². The van der Waals surface area contributed by atoms with Crippen LogP contribution >= 0.6 is 0 Å². The fourth-order valence-electron chi connectivity index (χ4n) is 4.49. The van der Waals surface area contributed by atoms with Crippen LogP contribution in [-0.4, -0.2) is 61.2 Å². The Balaban J connectivity index is 1.74. The van der Waals surface area contributed by atoms with Crippen LogP contribution in [0.3, 0.4) is 0 Å². The van der Waals surface area contributed by atoms with Crippen molar-refractivity contribution in [2.75, 3.05) is 6.61 Å². The van der Waals surface area contributed by atoms with E-state index < -0.39 is 66.8 Å². The number of rotatable bonds is 8. The van der Waals surface area contributed by atoms with E-state index in [9.17, 15) is 24.0 Å². The van der Waals surface area contributed by atoms with Crippen LogP contribution in [-0.2, 0) is 42.9 Å². The van der Waals surface area contributed by atoms with Gasteiger partial charge < -0.3 is 32.8 Å². The van der Waals surface area contributed by atoms with E-state index in [0.29, 0.717) is 10.9 Å². The molecule has 0 amide bonds. The van der Waals surface area contributed by atoms with E-state index in [2.05, 4.69) is 0 Å². The van der Waals surface area contributed by atoms with Crippen molar-refractivity contribution in [3.8, 4) is 16.9 Å². The first-order valence-electron chi connectivity index (χ1n) is 12.6. The first-order valence-corrected chi connectivity index (χ1v) is 12.6. The summed E-state index contributed by atoms with van der Waals surface area (Å²) in [5, 5.41) is 0.629. The summed E-state index contributed by atoms with van der Waals surface area (Å²) in [7, 11) is 0. The lowest BCUT2D eigenvalue weighted by Crippen LogP contribution is -2.63. The second-order valence-corrected chi connectivity index (χ2v) is 9.19. The average Bonchev–Trinajstić information content (AvgIpc) is 2.90. The quantitative estimate of drug-likeness (QED) is 0.223. The zero-order chi connectivity index (χ0) is 29.7. The summed E-state index contributed by atoms with van der Waals surface area (Å²) < 4.78 is 38.7. The average molecular weight is 569 g/mol. The zero-order valence-corrected chi connectivity index (χ0v) is 22.7. The third-order valence-corrected chi connectivity index (χ3v) is 6.00. The third-order valence-electron chi connectivity index (χ3n) is 6.00. The Morgan fingerprint density at radius 1 is 0.756 bits per heavy atom. The molecule has 12 nitrogen and oxygen atoms in total. The van der Waals surface area contributed by atoms with Gasteiger partial charge in [0.25, 0.3) is 0 Å². The van der Waals surface area contributed by atoms with Gasteiger partial charge in [-0.2, -0.15) is 0 Å². The van der Waals surface area contributed by atoms with Gasteiger partial charge in [0.1, 0.15) is 24.0 Å². The molecule has 12 heteroatoms. The lowest BCUT2D eigenvalue weighted by molar-refractivity contribution is -0.288. The Kier molecular flexibility index (Phi) is 9.03. The molecule has 0 N–H and O–H groups in total. The van der Waals surface area contributed by atoms with Crippen molar-refractivity contribution in [2.24, 2.45) is 0 Å². The van der Waals surface area contributed by atoms with Crippen LogP contribution in [0, 0.1) is 0 Å². The van der Waals surface area contributed by atoms with Crippen molar-refractivity contribution < 1.29 is 52.0 Å². The predicted molar refractivity (Wildman–Crippen MR) is 141 cm³/mol. The Labute approximate surface area is 234 Å². The maximum atomic E-state index is 12.4. The van der Waals surface area contributed by atoms with Gasteiger partial charge >= 0.3 is 29.5 Å². The van der Waals surface area contributed by atoms with Crippen molar-refractivity contribution in [1.82, 2.24) is 0 Å². The SMILES string of the molecule is CC(=O)OC[C@H]1O[C@H](Oc2ccc3c(-c4ccccc4)cc(=O)oc3c2)[C@H](OC(C)=O)[C@@H](OC(C)=O)[C@@H]1OC(C)=O. The molecule has 0 spiro atoms. The minimum atomic E-state index is -1.43. The van der Waals surface area contributed by atoms with E-state index >= 15 is 0 Å². The number of ether oxygens (including phenoxy) is 6. The maximum Gasteiger partial charge on any atom is 0.336 e. The fraction of sp³-hybridized carbons (Fsp3) is 0.345. The minimum Gasteiger partial charge on any atom is -0.463 e. The fourth-order valence-corrected chi connectivity index (χ4v) is 4.49. The van der Waals surface area contributed by atoms with Crippen molar-refractivity contribution in [1.29, 1.82) is 0 Å². The highest BCUT2D eigenvalue weighted by molar-refractivity contribution is 5.93. The normalized spacial score (nSPS) is 21.9. The van der Waals surface area contributed by atoms with Crippen LogP contribution < -0.4 is 10.4 Å².